The Balaban J connectivity index is 1.80. The van der Waals surface area contributed by atoms with Crippen molar-refractivity contribution in [2.24, 2.45) is 0 Å². The van der Waals surface area contributed by atoms with Crippen molar-refractivity contribution in [3.05, 3.63) is 66.4 Å². The van der Waals surface area contributed by atoms with Crippen molar-refractivity contribution >= 4 is 22.7 Å². The molecule has 4 heteroatoms. The normalized spacial score (nSPS) is 10.5. The summed E-state index contributed by atoms with van der Waals surface area (Å²) in [7, 11) is 1.64. The van der Waals surface area contributed by atoms with E-state index in [0.717, 1.165) is 16.3 Å². The summed E-state index contributed by atoms with van der Waals surface area (Å²) in [6.07, 6.45) is 1.21. The first-order valence-electron chi connectivity index (χ1n) is 7.00. The van der Waals surface area contributed by atoms with Gasteiger partial charge in [0.15, 0.2) is 0 Å². The zero-order valence-corrected chi connectivity index (χ0v) is 12.5. The maximum atomic E-state index is 12.2. The Morgan fingerprint density at radius 1 is 1.05 bits per heavy atom. The number of amides is 1. The van der Waals surface area contributed by atoms with Crippen LogP contribution >= 0.6 is 0 Å². The van der Waals surface area contributed by atoms with Crippen molar-refractivity contribution in [1.82, 2.24) is 4.98 Å². The molecule has 0 atom stereocenters. The number of anilines is 1. The van der Waals surface area contributed by atoms with Crippen molar-refractivity contribution in [3.63, 3.8) is 0 Å². The van der Waals surface area contributed by atoms with Crippen molar-refractivity contribution in [2.45, 2.75) is 6.92 Å². The molecule has 0 spiro atoms. The van der Waals surface area contributed by atoms with E-state index in [1.165, 1.54) is 4.90 Å². The number of carbonyl (C=O) groups is 1. The van der Waals surface area contributed by atoms with E-state index in [1.807, 2.05) is 55.5 Å². The first-order chi connectivity index (χ1) is 10.6. The van der Waals surface area contributed by atoms with Crippen LogP contribution in [0.15, 0.2) is 60.8 Å². The number of ether oxygens (including phenoxy) is 1. The summed E-state index contributed by atoms with van der Waals surface area (Å²) in [5.41, 5.74) is 1.04. The molecule has 3 rings (SSSR count). The summed E-state index contributed by atoms with van der Waals surface area (Å²) in [4.78, 5) is 17.8. The van der Waals surface area contributed by atoms with E-state index in [0.29, 0.717) is 11.6 Å². The standard InChI is InChI=1S/C18H16N2O2/c1-13-9-10-19-17(11-13)20(2)18(21)22-16-8-7-14-5-3-4-6-15(14)12-16/h3-12H,1-2H3. The minimum atomic E-state index is -0.464. The Bertz CT molecular complexity index is 830. The lowest BCUT2D eigenvalue weighted by atomic mass is 10.1. The highest BCUT2D eigenvalue weighted by Gasteiger charge is 2.14. The number of hydrogen-bond donors (Lipinski definition) is 0. The van der Waals surface area contributed by atoms with Gasteiger partial charge in [-0.3, -0.25) is 4.90 Å². The Kier molecular flexibility index (Phi) is 3.74. The molecule has 4 nitrogen and oxygen atoms in total. The van der Waals surface area contributed by atoms with Crippen LogP contribution in [0.5, 0.6) is 5.75 Å². The number of benzene rings is 2. The van der Waals surface area contributed by atoms with Gasteiger partial charge in [-0.05, 0) is 47.5 Å². The molecule has 0 bridgehead atoms. The molecule has 0 saturated heterocycles. The van der Waals surface area contributed by atoms with Gasteiger partial charge in [-0.15, -0.1) is 0 Å². The third kappa shape index (κ3) is 2.91. The fraction of sp³-hybridized carbons (Fsp3) is 0.111. The second-order valence-electron chi connectivity index (χ2n) is 5.13. The van der Waals surface area contributed by atoms with E-state index in [1.54, 1.807) is 19.3 Å². The quantitative estimate of drug-likeness (QED) is 0.711. The fourth-order valence-electron chi connectivity index (χ4n) is 2.20. The average molecular weight is 292 g/mol. The summed E-state index contributed by atoms with van der Waals surface area (Å²) in [6.45, 7) is 1.95. The Labute approximate surface area is 129 Å². The molecule has 1 amide bonds. The van der Waals surface area contributed by atoms with Crippen LogP contribution in [-0.4, -0.2) is 18.1 Å². The lowest BCUT2D eigenvalue weighted by molar-refractivity contribution is 0.209. The van der Waals surface area contributed by atoms with Crippen LogP contribution in [0.1, 0.15) is 5.56 Å². The third-order valence-corrected chi connectivity index (χ3v) is 3.44. The molecule has 1 heterocycles. The predicted octanol–water partition coefficient (Wildman–Crippen LogP) is 4.18. The van der Waals surface area contributed by atoms with Gasteiger partial charge in [-0.25, -0.2) is 9.78 Å². The van der Waals surface area contributed by atoms with Gasteiger partial charge in [0.05, 0.1) is 0 Å². The van der Waals surface area contributed by atoms with E-state index in [-0.39, 0.29) is 0 Å². The molecule has 0 unspecified atom stereocenters. The number of aromatic nitrogens is 1. The van der Waals surface area contributed by atoms with Crippen LogP contribution in [-0.2, 0) is 0 Å². The smallest absolute Gasteiger partial charge is 0.410 e. The van der Waals surface area contributed by atoms with Crippen LogP contribution in [0.3, 0.4) is 0 Å². The number of nitrogens with zero attached hydrogens (tertiary/aromatic N) is 2. The van der Waals surface area contributed by atoms with E-state index in [2.05, 4.69) is 4.98 Å². The molecule has 110 valence electrons. The average Bonchev–Trinajstić information content (AvgIpc) is 2.54. The molecule has 22 heavy (non-hydrogen) atoms. The predicted molar refractivity (Wildman–Crippen MR) is 87.3 cm³/mol. The number of fused-ring (bicyclic) bond motifs is 1. The maximum Gasteiger partial charge on any atom is 0.420 e. The van der Waals surface area contributed by atoms with E-state index >= 15 is 0 Å². The van der Waals surface area contributed by atoms with E-state index in [4.69, 9.17) is 4.74 Å². The molecule has 0 fully saturated rings. The first-order valence-corrected chi connectivity index (χ1v) is 7.00. The largest absolute Gasteiger partial charge is 0.420 e. The zero-order valence-electron chi connectivity index (χ0n) is 12.5. The summed E-state index contributed by atoms with van der Waals surface area (Å²) < 4.78 is 5.43. The van der Waals surface area contributed by atoms with E-state index < -0.39 is 6.09 Å². The molecule has 1 aromatic heterocycles. The van der Waals surface area contributed by atoms with Crippen molar-refractivity contribution in [3.8, 4) is 5.75 Å². The number of hydrogen-bond acceptors (Lipinski definition) is 3. The molecule has 0 aliphatic carbocycles. The SMILES string of the molecule is Cc1ccnc(N(C)C(=O)Oc2ccc3ccccc3c2)c1. The Morgan fingerprint density at radius 2 is 1.82 bits per heavy atom. The molecule has 2 aromatic carbocycles. The minimum absolute atomic E-state index is 0.464. The van der Waals surface area contributed by atoms with Crippen LogP contribution in [0.25, 0.3) is 10.8 Å². The molecule has 0 radical (unpaired) electrons. The van der Waals surface area contributed by atoms with E-state index in [9.17, 15) is 4.79 Å². The second kappa shape index (κ2) is 5.85. The maximum absolute atomic E-state index is 12.2. The molecule has 0 N–H and O–H groups in total. The van der Waals surface area contributed by atoms with Gasteiger partial charge in [-0.1, -0.05) is 30.3 Å². The molecule has 0 aliphatic heterocycles. The van der Waals surface area contributed by atoms with Gasteiger partial charge >= 0.3 is 6.09 Å². The third-order valence-electron chi connectivity index (χ3n) is 3.44. The highest BCUT2D eigenvalue weighted by atomic mass is 16.6. The molecular formula is C18H16N2O2. The fourth-order valence-corrected chi connectivity index (χ4v) is 2.20. The van der Waals surface area contributed by atoms with Gasteiger partial charge in [0, 0.05) is 13.2 Å². The van der Waals surface area contributed by atoms with Gasteiger partial charge < -0.3 is 4.74 Å². The van der Waals surface area contributed by atoms with Crippen molar-refractivity contribution in [2.75, 3.05) is 11.9 Å². The van der Waals surface area contributed by atoms with Gasteiger partial charge in [0.2, 0.25) is 0 Å². The molecule has 3 aromatic rings. The van der Waals surface area contributed by atoms with Crippen LogP contribution in [0, 0.1) is 6.92 Å². The molecule has 0 aliphatic rings. The van der Waals surface area contributed by atoms with Gasteiger partial charge in [0.25, 0.3) is 0 Å². The number of pyridine rings is 1. The van der Waals surface area contributed by atoms with Crippen molar-refractivity contribution in [1.29, 1.82) is 0 Å². The summed E-state index contributed by atoms with van der Waals surface area (Å²) in [5, 5.41) is 2.14. The zero-order chi connectivity index (χ0) is 15.5. The lowest BCUT2D eigenvalue weighted by Crippen LogP contribution is -2.30. The number of rotatable bonds is 2. The molecule has 0 saturated carbocycles. The molecular weight excluding hydrogens is 276 g/mol. The van der Waals surface area contributed by atoms with Gasteiger partial charge in [0.1, 0.15) is 11.6 Å². The van der Waals surface area contributed by atoms with Gasteiger partial charge in [-0.2, -0.15) is 0 Å². The highest BCUT2D eigenvalue weighted by molar-refractivity contribution is 5.89. The topological polar surface area (TPSA) is 42.4 Å². The first kappa shape index (κ1) is 14.1. The highest BCUT2D eigenvalue weighted by Crippen LogP contribution is 2.21. The van der Waals surface area contributed by atoms with Crippen LogP contribution in [0.4, 0.5) is 10.6 Å². The number of aryl methyl sites for hydroxylation is 1. The lowest BCUT2D eigenvalue weighted by Gasteiger charge is -2.16. The minimum Gasteiger partial charge on any atom is -0.410 e. The summed E-state index contributed by atoms with van der Waals surface area (Å²) in [6, 6.07) is 17.2. The van der Waals surface area contributed by atoms with Crippen LogP contribution < -0.4 is 9.64 Å². The monoisotopic (exact) mass is 292 g/mol. The second-order valence-corrected chi connectivity index (χ2v) is 5.13. The Hall–Kier alpha value is -2.88. The Morgan fingerprint density at radius 3 is 2.59 bits per heavy atom. The van der Waals surface area contributed by atoms with Crippen molar-refractivity contribution < 1.29 is 9.53 Å². The number of carbonyl (C=O) groups excluding carboxylic acids is 1. The van der Waals surface area contributed by atoms with Crippen LogP contribution in [0.2, 0.25) is 0 Å². The summed E-state index contributed by atoms with van der Waals surface area (Å²) in [5.74, 6) is 1.08. The summed E-state index contributed by atoms with van der Waals surface area (Å²) >= 11 is 0.